The number of rotatable bonds is 8. The topological polar surface area (TPSA) is 165 Å². The highest BCUT2D eigenvalue weighted by atomic mass is 16.5. The molecule has 0 radical (unpaired) electrons. The summed E-state index contributed by atoms with van der Waals surface area (Å²) in [6, 6.07) is 16.7. The molecule has 0 unspecified atom stereocenters. The van der Waals surface area contributed by atoms with Crippen LogP contribution in [0.25, 0.3) is 27.5 Å². The van der Waals surface area contributed by atoms with Crippen LogP contribution in [0.2, 0.25) is 0 Å². The third-order valence-corrected chi connectivity index (χ3v) is 6.40. The lowest BCUT2D eigenvalue weighted by Gasteiger charge is -2.11. The van der Waals surface area contributed by atoms with Gasteiger partial charge in [0.05, 0.1) is 23.2 Å². The van der Waals surface area contributed by atoms with Crippen LogP contribution in [0.5, 0.6) is 0 Å². The van der Waals surface area contributed by atoms with E-state index in [1.165, 1.54) is 0 Å². The number of amides is 2. The van der Waals surface area contributed by atoms with E-state index in [4.69, 9.17) is 4.74 Å². The number of carbonyl (C=O) groups is 3. The van der Waals surface area contributed by atoms with Crippen LogP contribution < -0.4 is 21.8 Å². The highest BCUT2D eigenvalue weighted by molar-refractivity contribution is 6.04. The van der Waals surface area contributed by atoms with Crippen molar-refractivity contribution in [2.75, 3.05) is 11.9 Å². The van der Waals surface area contributed by atoms with Gasteiger partial charge in [0, 0.05) is 35.7 Å². The molecule has 0 spiro atoms. The first-order valence-corrected chi connectivity index (χ1v) is 12.6. The number of aromatic nitrogens is 3. The van der Waals surface area contributed by atoms with Gasteiger partial charge < -0.3 is 30.0 Å². The number of benzene rings is 3. The van der Waals surface area contributed by atoms with E-state index in [1.54, 1.807) is 43.3 Å². The molecular weight excluding hydrogens is 530 g/mol. The van der Waals surface area contributed by atoms with Gasteiger partial charge in [0.15, 0.2) is 0 Å². The summed E-state index contributed by atoms with van der Waals surface area (Å²) in [6.45, 7) is 1.61. The van der Waals surface area contributed by atoms with Crippen molar-refractivity contribution in [3.63, 3.8) is 0 Å². The molecule has 0 aliphatic carbocycles. The first-order valence-electron chi connectivity index (χ1n) is 12.6. The minimum Gasteiger partial charge on any atom is -0.480 e. The Morgan fingerprint density at radius 2 is 1.76 bits per heavy atom. The number of carbonyl (C=O) groups excluding carboxylic acids is 2. The van der Waals surface area contributed by atoms with Crippen LogP contribution in [0.15, 0.2) is 82.6 Å². The number of fused-ring (bicyclic) bond motifs is 3. The third-order valence-electron chi connectivity index (χ3n) is 6.40. The molecule has 41 heavy (non-hydrogen) atoms. The number of aliphatic carboxylic acids is 1. The number of esters is 1. The number of H-pyrrole nitrogens is 1. The normalized spacial score (nSPS) is 11.0. The van der Waals surface area contributed by atoms with Crippen molar-refractivity contribution in [2.24, 2.45) is 0 Å². The Balaban J connectivity index is 1.32. The lowest BCUT2D eigenvalue weighted by molar-refractivity contribution is -0.137. The van der Waals surface area contributed by atoms with Crippen molar-refractivity contribution in [3.8, 4) is 5.69 Å². The lowest BCUT2D eigenvalue weighted by Crippen LogP contribution is -2.37. The maximum absolute atomic E-state index is 12.4. The fourth-order valence-corrected chi connectivity index (χ4v) is 4.47. The van der Waals surface area contributed by atoms with Gasteiger partial charge in [-0.25, -0.2) is 9.59 Å². The molecule has 2 amide bonds. The molecule has 0 aliphatic heterocycles. The highest BCUT2D eigenvalue weighted by Gasteiger charge is 2.14. The number of nitrogens with zero attached hydrogens (tertiary/aromatic N) is 2. The lowest BCUT2D eigenvalue weighted by atomic mass is 10.1. The van der Waals surface area contributed by atoms with Crippen LogP contribution in [-0.2, 0) is 22.6 Å². The molecule has 5 rings (SSSR count). The monoisotopic (exact) mass is 555 g/mol. The molecule has 4 N–H and O–H groups in total. The average molecular weight is 556 g/mol. The molecule has 0 fully saturated rings. The number of carboxylic acid groups (broad SMARTS) is 1. The Labute approximate surface area is 231 Å². The average Bonchev–Trinajstić information content (AvgIpc) is 3.43. The van der Waals surface area contributed by atoms with Crippen molar-refractivity contribution in [1.29, 1.82) is 0 Å². The molecule has 0 atom stereocenters. The largest absolute Gasteiger partial charge is 0.480 e. The van der Waals surface area contributed by atoms with Crippen molar-refractivity contribution in [3.05, 3.63) is 105 Å². The number of aromatic amines is 1. The number of ether oxygens (including phenoxy) is 1. The summed E-state index contributed by atoms with van der Waals surface area (Å²) in [5.41, 5.74) is 1.30. The predicted octanol–water partition coefficient (Wildman–Crippen LogP) is 3.22. The van der Waals surface area contributed by atoms with Gasteiger partial charge in [-0.1, -0.05) is 12.1 Å². The molecule has 0 saturated heterocycles. The van der Waals surface area contributed by atoms with E-state index in [1.807, 2.05) is 41.2 Å². The summed E-state index contributed by atoms with van der Waals surface area (Å²) < 4.78 is 7.74. The second kappa shape index (κ2) is 11.2. The smallest absolute Gasteiger partial charge is 0.338 e. The maximum atomic E-state index is 12.4. The first-order chi connectivity index (χ1) is 19.7. The number of hydrogen-bond acceptors (Lipinski definition) is 6. The molecule has 0 bridgehead atoms. The Kier molecular flexibility index (Phi) is 7.37. The van der Waals surface area contributed by atoms with E-state index in [9.17, 15) is 29.1 Å². The highest BCUT2D eigenvalue weighted by Crippen LogP contribution is 2.25. The van der Waals surface area contributed by atoms with Gasteiger partial charge in [0.25, 0.3) is 0 Å². The van der Waals surface area contributed by atoms with Crippen molar-refractivity contribution in [2.45, 2.75) is 20.0 Å². The number of nitrogens with one attached hydrogen (secondary N) is 3. The van der Waals surface area contributed by atoms with Gasteiger partial charge in [0.2, 0.25) is 0 Å². The van der Waals surface area contributed by atoms with Crippen LogP contribution in [0.3, 0.4) is 0 Å². The first kappa shape index (κ1) is 26.9. The zero-order chi connectivity index (χ0) is 29.1. The van der Waals surface area contributed by atoms with Gasteiger partial charge in [-0.2, -0.15) is 0 Å². The Hall–Kier alpha value is -5.65. The van der Waals surface area contributed by atoms with E-state index in [2.05, 4.69) is 15.6 Å². The molecule has 3 aromatic carbocycles. The molecule has 0 aliphatic rings. The summed E-state index contributed by atoms with van der Waals surface area (Å²) >= 11 is 0. The van der Waals surface area contributed by atoms with Gasteiger partial charge in [-0.3, -0.25) is 19.0 Å². The summed E-state index contributed by atoms with van der Waals surface area (Å²) in [6.07, 6.45) is 3.65. The predicted molar refractivity (Wildman–Crippen MR) is 152 cm³/mol. The van der Waals surface area contributed by atoms with Gasteiger partial charge in [0.1, 0.15) is 6.54 Å². The molecule has 12 heteroatoms. The summed E-state index contributed by atoms with van der Waals surface area (Å²) in [7, 11) is 0. The van der Waals surface area contributed by atoms with Crippen LogP contribution >= 0.6 is 0 Å². The Morgan fingerprint density at radius 1 is 1.00 bits per heavy atom. The summed E-state index contributed by atoms with van der Waals surface area (Å²) in [4.78, 5) is 62.7. The molecule has 0 saturated carbocycles. The molecule has 2 aromatic heterocycles. The molecule has 2 heterocycles. The fraction of sp³-hybridized carbons (Fsp3) is 0.138. The number of hydrogen-bond donors (Lipinski definition) is 4. The number of carboxylic acids is 1. The second-order valence-electron chi connectivity index (χ2n) is 9.14. The SMILES string of the molecule is CCOC(=O)c1ccc(NC(=O)NCc2ccn(-c3ccc4ccc5c([nH]c(=O)c(=O)n5CC(=O)O)c4c3)c2)cc1. The fourth-order valence-electron chi connectivity index (χ4n) is 4.47. The third kappa shape index (κ3) is 5.71. The van der Waals surface area contributed by atoms with Crippen molar-refractivity contribution >= 4 is 45.5 Å². The molecule has 5 aromatic rings. The van der Waals surface area contributed by atoms with E-state index < -0.39 is 35.6 Å². The van der Waals surface area contributed by atoms with Crippen molar-refractivity contribution < 1.29 is 24.2 Å². The Bertz CT molecular complexity index is 1920. The molecule has 208 valence electrons. The minimum atomic E-state index is -1.23. The van der Waals surface area contributed by atoms with E-state index in [0.717, 1.165) is 21.2 Å². The zero-order valence-electron chi connectivity index (χ0n) is 21.8. The van der Waals surface area contributed by atoms with Crippen LogP contribution in [0.1, 0.15) is 22.8 Å². The van der Waals surface area contributed by atoms with E-state index >= 15 is 0 Å². The van der Waals surface area contributed by atoms with Gasteiger partial charge >= 0.3 is 29.1 Å². The maximum Gasteiger partial charge on any atom is 0.338 e. The van der Waals surface area contributed by atoms with Gasteiger partial charge in [-0.15, -0.1) is 0 Å². The number of anilines is 1. The summed E-state index contributed by atoms with van der Waals surface area (Å²) in [5.74, 6) is -1.67. The van der Waals surface area contributed by atoms with E-state index in [0.29, 0.717) is 27.7 Å². The number of urea groups is 1. The summed E-state index contributed by atoms with van der Waals surface area (Å²) in [5, 5.41) is 16.1. The second-order valence-corrected chi connectivity index (χ2v) is 9.14. The van der Waals surface area contributed by atoms with Crippen LogP contribution in [0.4, 0.5) is 10.5 Å². The van der Waals surface area contributed by atoms with Crippen molar-refractivity contribution in [1.82, 2.24) is 19.4 Å². The molecule has 12 nitrogen and oxygen atoms in total. The quantitative estimate of drug-likeness (QED) is 0.130. The van der Waals surface area contributed by atoms with E-state index in [-0.39, 0.29) is 13.2 Å². The van der Waals surface area contributed by atoms with Gasteiger partial charge in [-0.05, 0) is 66.4 Å². The van der Waals surface area contributed by atoms with Crippen LogP contribution in [0, 0.1) is 0 Å². The standard InChI is InChI=1S/C29H25N5O7/c1-2-41-28(39)19-3-7-20(8-4-19)31-29(40)30-14-17-11-12-33(15-17)21-9-5-18-6-10-23-25(22(18)13-21)32-26(37)27(38)34(23)16-24(35)36/h3-13,15H,2,14,16H2,1H3,(H,32,37)(H,35,36)(H2,30,31,40). The van der Waals surface area contributed by atoms with Crippen LogP contribution in [-0.4, -0.2) is 43.8 Å². The molecular formula is C29H25N5O7. The Morgan fingerprint density at radius 3 is 2.49 bits per heavy atom. The zero-order valence-corrected chi connectivity index (χ0v) is 21.8. The minimum absolute atomic E-state index is 0.241.